The Morgan fingerprint density at radius 1 is 1.08 bits per heavy atom. The zero-order chi connectivity index (χ0) is 9.36. The average molecular weight is 178 g/mol. The fourth-order valence-corrected chi connectivity index (χ4v) is 1.18. The van der Waals surface area contributed by atoms with E-state index in [9.17, 15) is 0 Å². The van der Waals surface area contributed by atoms with Gasteiger partial charge in [-0.05, 0) is 18.4 Å². The van der Waals surface area contributed by atoms with Gasteiger partial charge in [-0.15, -0.1) is 0 Å². The standard InChI is InChI=1S/C12H18O/c1-2-3-10-13-11-9-12-7-5-4-6-8-12/h4-8H,2-3,9-11H2,1H3. The van der Waals surface area contributed by atoms with Crippen LogP contribution in [-0.4, -0.2) is 13.2 Å². The van der Waals surface area contributed by atoms with Crippen LogP contribution in [0, 0.1) is 0 Å². The maximum absolute atomic E-state index is 5.48. The molecule has 0 N–H and O–H groups in total. The zero-order valence-electron chi connectivity index (χ0n) is 8.33. The Labute approximate surface area is 80.7 Å². The van der Waals surface area contributed by atoms with E-state index >= 15 is 0 Å². The SMILES string of the molecule is CCCCOCCc1ccccc1. The van der Waals surface area contributed by atoms with Crippen molar-refractivity contribution in [1.29, 1.82) is 0 Å². The number of benzene rings is 1. The first-order valence-electron chi connectivity index (χ1n) is 5.05. The molecular weight excluding hydrogens is 160 g/mol. The quantitative estimate of drug-likeness (QED) is 0.608. The van der Waals surface area contributed by atoms with Crippen molar-refractivity contribution in [3.05, 3.63) is 35.9 Å². The van der Waals surface area contributed by atoms with Gasteiger partial charge in [0, 0.05) is 6.61 Å². The molecule has 0 spiro atoms. The van der Waals surface area contributed by atoms with Crippen LogP contribution in [0.4, 0.5) is 0 Å². The smallest absolute Gasteiger partial charge is 0.0506 e. The van der Waals surface area contributed by atoms with E-state index in [1.54, 1.807) is 0 Å². The summed E-state index contributed by atoms with van der Waals surface area (Å²) in [6, 6.07) is 10.5. The van der Waals surface area contributed by atoms with Gasteiger partial charge in [-0.1, -0.05) is 43.7 Å². The molecule has 0 aromatic heterocycles. The van der Waals surface area contributed by atoms with Gasteiger partial charge in [-0.25, -0.2) is 0 Å². The summed E-state index contributed by atoms with van der Waals surface area (Å²) < 4.78 is 5.48. The minimum atomic E-state index is 0.851. The van der Waals surface area contributed by atoms with Crippen LogP contribution < -0.4 is 0 Å². The third-order valence-corrected chi connectivity index (χ3v) is 2.02. The molecule has 1 aromatic carbocycles. The van der Waals surface area contributed by atoms with E-state index in [2.05, 4.69) is 31.2 Å². The first-order chi connectivity index (χ1) is 6.43. The molecule has 0 radical (unpaired) electrons. The topological polar surface area (TPSA) is 9.23 Å². The van der Waals surface area contributed by atoms with Crippen LogP contribution >= 0.6 is 0 Å². The molecule has 0 aliphatic rings. The van der Waals surface area contributed by atoms with Crippen molar-refractivity contribution in [1.82, 2.24) is 0 Å². The molecular formula is C12H18O. The van der Waals surface area contributed by atoms with E-state index in [0.717, 1.165) is 19.6 Å². The minimum absolute atomic E-state index is 0.851. The van der Waals surface area contributed by atoms with E-state index < -0.39 is 0 Å². The fraction of sp³-hybridized carbons (Fsp3) is 0.500. The van der Waals surface area contributed by atoms with Crippen molar-refractivity contribution in [3.8, 4) is 0 Å². The second kappa shape index (κ2) is 6.67. The number of hydrogen-bond acceptors (Lipinski definition) is 1. The highest BCUT2D eigenvalue weighted by molar-refractivity contribution is 5.14. The molecule has 0 fully saturated rings. The highest BCUT2D eigenvalue weighted by Crippen LogP contribution is 1.99. The Hall–Kier alpha value is -0.820. The van der Waals surface area contributed by atoms with Crippen molar-refractivity contribution in [3.63, 3.8) is 0 Å². The summed E-state index contributed by atoms with van der Waals surface area (Å²) >= 11 is 0. The Balaban J connectivity index is 2.07. The van der Waals surface area contributed by atoms with Gasteiger partial charge < -0.3 is 4.74 Å². The molecule has 0 saturated carbocycles. The van der Waals surface area contributed by atoms with E-state index in [4.69, 9.17) is 4.74 Å². The molecule has 1 aromatic rings. The molecule has 0 heterocycles. The van der Waals surface area contributed by atoms with Gasteiger partial charge in [-0.2, -0.15) is 0 Å². The van der Waals surface area contributed by atoms with Crippen molar-refractivity contribution >= 4 is 0 Å². The molecule has 0 aliphatic heterocycles. The lowest BCUT2D eigenvalue weighted by Crippen LogP contribution is -1.99. The van der Waals surface area contributed by atoms with Crippen molar-refractivity contribution in [2.45, 2.75) is 26.2 Å². The first kappa shape index (κ1) is 10.3. The molecule has 1 rings (SSSR count). The van der Waals surface area contributed by atoms with Crippen molar-refractivity contribution in [2.75, 3.05) is 13.2 Å². The van der Waals surface area contributed by atoms with Gasteiger partial charge in [0.05, 0.1) is 6.61 Å². The van der Waals surface area contributed by atoms with Gasteiger partial charge in [0.25, 0.3) is 0 Å². The highest BCUT2D eigenvalue weighted by Gasteiger charge is 1.91. The lowest BCUT2D eigenvalue weighted by atomic mass is 10.2. The summed E-state index contributed by atoms with van der Waals surface area (Å²) in [4.78, 5) is 0. The van der Waals surface area contributed by atoms with Crippen LogP contribution in [0.2, 0.25) is 0 Å². The minimum Gasteiger partial charge on any atom is -0.381 e. The van der Waals surface area contributed by atoms with Crippen LogP contribution in [0.15, 0.2) is 30.3 Å². The van der Waals surface area contributed by atoms with Crippen LogP contribution in [0.5, 0.6) is 0 Å². The van der Waals surface area contributed by atoms with Gasteiger partial charge >= 0.3 is 0 Å². The third kappa shape index (κ3) is 4.69. The highest BCUT2D eigenvalue weighted by atomic mass is 16.5. The number of unbranched alkanes of at least 4 members (excludes halogenated alkanes) is 1. The van der Waals surface area contributed by atoms with Crippen LogP contribution in [0.25, 0.3) is 0 Å². The second-order valence-corrected chi connectivity index (χ2v) is 3.20. The van der Waals surface area contributed by atoms with Gasteiger partial charge in [0.15, 0.2) is 0 Å². The van der Waals surface area contributed by atoms with E-state index in [1.165, 1.54) is 18.4 Å². The lowest BCUT2D eigenvalue weighted by molar-refractivity contribution is 0.134. The Morgan fingerprint density at radius 2 is 1.85 bits per heavy atom. The molecule has 0 aliphatic carbocycles. The fourth-order valence-electron chi connectivity index (χ4n) is 1.18. The summed E-state index contributed by atoms with van der Waals surface area (Å²) in [5.74, 6) is 0. The predicted molar refractivity (Wildman–Crippen MR) is 55.9 cm³/mol. The Morgan fingerprint density at radius 3 is 2.54 bits per heavy atom. The molecule has 0 atom stereocenters. The van der Waals surface area contributed by atoms with E-state index in [-0.39, 0.29) is 0 Å². The molecule has 0 amide bonds. The third-order valence-electron chi connectivity index (χ3n) is 2.02. The molecule has 0 unspecified atom stereocenters. The van der Waals surface area contributed by atoms with Gasteiger partial charge in [0.2, 0.25) is 0 Å². The largest absolute Gasteiger partial charge is 0.381 e. The lowest BCUT2D eigenvalue weighted by Gasteiger charge is -2.02. The molecule has 13 heavy (non-hydrogen) atoms. The molecule has 0 bridgehead atoms. The normalized spacial score (nSPS) is 10.2. The van der Waals surface area contributed by atoms with E-state index in [1.807, 2.05) is 6.07 Å². The summed E-state index contributed by atoms with van der Waals surface area (Å²) in [5, 5.41) is 0. The molecule has 1 nitrogen and oxygen atoms in total. The number of rotatable bonds is 6. The van der Waals surface area contributed by atoms with Crippen LogP contribution in [0.3, 0.4) is 0 Å². The number of hydrogen-bond donors (Lipinski definition) is 0. The zero-order valence-corrected chi connectivity index (χ0v) is 8.33. The van der Waals surface area contributed by atoms with Gasteiger partial charge in [0.1, 0.15) is 0 Å². The van der Waals surface area contributed by atoms with Crippen molar-refractivity contribution < 1.29 is 4.74 Å². The second-order valence-electron chi connectivity index (χ2n) is 3.20. The van der Waals surface area contributed by atoms with Crippen LogP contribution in [-0.2, 0) is 11.2 Å². The average Bonchev–Trinajstić information content (AvgIpc) is 2.19. The summed E-state index contributed by atoms with van der Waals surface area (Å²) in [6.07, 6.45) is 3.42. The van der Waals surface area contributed by atoms with Crippen molar-refractivity contribution in [2.24, 2.45) is 0 Å². The predicted octanol–water partition coefficient (Wildman–Crippen LogP) is 3.05. The summed E-state index contributed by atoms with van der Waals surface area (Å²) in [5.41, 5.74) is 1.36. The molecule has 0 saturated heterocycles. The summed E-state index contributed by atoms with van der Waals surface area (Å²) in [7, 11) is 0. The monoisotopic (exact) mass is 178 g/mol. The Kier molecular flexibility index (Phi) is 5.27. The summed E-state index contributed by atoms with van der Waals surface area (Å²) in [6.45, 7) is 3.94. The molecule has 72 valence electrons. The number of ether oxygens (including phenoxy) is 1. The first-order valence-corrected chi connectivity index (χ1v) is 5.05. The van der Waals surface area contributed by atoms with Gasteiger partial charge in [-0.3, -0.25) is 0 Å². The molecule has 1 heteroatoms. The van der Waals surface area contributed by atoms with Crippen LogP contribution in [0.1, 0.15) is 25.3 Å². The Bertz CT molecular complexity index is 206. The van der Waals surface area contributed by atoms with E-state index in [0.29, 0.717) is 0 Å². The maximum Gasteiger partial charge on any atom is 0.0506 e. The maximum atomic E-state index is 5.48.